The van der Waals surface area contributed by atoms with E-state index in [0.717, 1.165) is 22.2 Å². The molecule has 1 aromatic heterocycles. The quantitative estimate of drug-likeness (QED) is 0.653. The van der Waals surface area contributed by atoms with E-state index >= 15 is 0 Å². The van der Waals surface area contributed by atoms with Crippen molar-refractivity contribution in [3.05, 3.63) is 68.3 Å². The summed E-state index contributed by atoms with van der Waals surface area (Å²) >= 11 is 3.22. The number of hydrogen-bond donors (Lipinski definition) is 0. The summed E-state index contributed by atoms with van der Waals surface area (Å²) < 4.78 is 22.7. The Morgan fingerprint density at radius 3 is 2.68 bits per heavy atom. The summed E-state index contributed by atoms with van der Waals surface area (Å²) in [5.74, 6) is -0.312. The summed E-state index contributed by atoms with van der Waals surface area (Å²) in [6.07, 6.45) is 0.740. The van der Waals surface area contributed by atoms with Crippen LogP contribution in [0.15, 0.2) is 45.7 Å². The molecular weight excluding hydrogens is 391 g/mol. The molecule has 0 spiro atoms. The number of nitrogens with zero attached hydrogens (tertiary/aromatic N) is 4. The normalized spacial score (nSPS) is 10.9. The molecule has 0 radical (unpaired) electrons. The van der Waals surface area contributed by atoms with Gasteiger partial charge in [-0.05, 0) is 46.7 Å². The van der Waals surface area contributed by atoms with Gasteiger partial charge in [-0.3, -0.25) is 0 Å². The summed E-state index contributed by atoms with van der Waals surface area (Å²) in [5.41, 5.74) is 1.99. The molecule has 130 valence electrons. The van der Waals surface area contributed by atoms with Gasteiger partial charge in [0, 0.05) is 17.1 Å². The highest BCUT2D eigenvalue weighted by Crippen LogP contribution is 2.25. The van der Waals surface area contributed by atoms with E-state index in [0.29, 0.717) is 10.2 Å². The Morgan fingerprint density at radius 2 is 2.04 bits per heavy atom. The van der Waals surface area contributed by atoms with E-state index in [1.165, 1.54) is 17.8 Å². The van der Waals surface area contributed by atoms with E-state index in [-0.39, 0.29) is 18.0 Å². The fourth-order valence-corrected chi connectivity index (χ4v) is 2.86. The first-order chi connectivity index (χ1) is 12.0. The summed E-state index contributed by atoms with van der Waals surface area (Å²) in [6.45, 7) is 2.11. The molecule has 25 heavy (non-hydrogen) atoms. The second-order valence-corrected chi connectivity index (χ2v) is 6.34. The van der Waals surface area contributed by atoms with Gasteiger partial charge in [-0.15, -0.1) is 0 Å². The number of halogens is 2. The molecule has 8 heteroatoms. The van der Waals surface area contributed by atoms with Gasteiger partial charge in [-0.2, -0.15) is 9.36 Å². The SMILES string of the molecule is CCc1cccc(-n2nnn(C)c2=O)c1COc1ccc(Br)cc1F. The molecule has 0 aliphatic carbocycles. The third-order valence-electron chi connectivity index (χ3n) is 3.84. The first-order valence-electron chi connectivity index (χ1n) is 7.69. The zero-order chi connectivity index (χ0) is 18.0. The molecule has 1 heterocycles. The predicted molar refractivity (Wildman–Crippen MR) is 94.4 cm³/mol. The monoisotopic (exact) mass is 406 g/mol. The number of rotatable bonds is 5. The number of ether oxygens (including phenoxy) is 1. The van der Waals surface area contributed by atoms with Crippen LogP contribution >= 0.6 is 15.9 Å². The molecule has 0 bridgehead atoms. The molecule has 0 saturated carbocycles. The van der Waals surface area contributed by atoms with Crippen molar-refractivity contribution < 1.29 is 9.13 Å². The van der Waals surface area contributed by atoms with E-state index in [2.05, 4.69) is 26.4 Å². The Hall–Kier alpha value is -2.48. The zero-order valence-corrected chi connectivity index (χ0v) is 15.3. The van der Waals surface area contributed by atoms with Crippen molar-refractivity contribution in [3.8, 4) is 11.4 Å². The van der Waals surface area contributed by atoms with E-state index in [1.807, 2.05) is 19.1 Å². The maximum Gasteiger partial charge on any atom is 0.368 e. The highest BCUT2D eigenvalue weighted by Gasteiger charge is 2.15. The highest BCUT2D eigenvalue weighted by molar-refractivity contribution is 9.10. The Labute approximate surface area is 152 Å². The number of hydrogen-bond acceptors (Lipinski definition) is 4. The van der Waals surface area contributed by atoms with Crippen LogP contribution in [0.1, 0.15) is 18.1 Å². The van der Waals surface area contributed by atoms with Crippen molar-refractivity contribution >= 4 is 15.9 Å². The summed E-state index contributed by atoms with van der Waals surface area (Å²) in [7, 11) is 1.53. The molecule has 3 rings (SSSR count). The lowest BCUT2D eigenvalue weighted by Gasteiger charge is -2.14. The Kier molecular flexibility index (Phi) is 4.98. The van der Waals surface area contributed by atoms with Crippen molar-refractivity contribution in [2.45, 2.75) is 20.0 Å². The Morgan fingerprint density at radius 1 is 1.24 bits per heavy atom. The lowest BCUT2D eigenvalue weighted by atomic mass is 10.0. The minimum atomic E-state index is -0.457. The number of tetrazole rings is 1. The molecule has 0 aliphatic heterocycles. The molecule has 0 aliphatic rings. The average molecular weight is 407 g/mol. The fourth-order valence-electron chi connectivity index (χ4n) is 2.52. The second-order valence-electron chi connectivity index (χ2n) is 5.43. The topological polar surface area (TPSA) is 61.9 Å². The van der Waals surface area contributed by atoms with E-state index in [1.54, 1.807) is 18.2 Å². The summed E-state index contributed by atoms with van der Waals surface area (Å²) in [4.78, 5) is 12.2. The van der Waals surface area contributed by atoms with Crippen molar-refractivity contribution in [2.24, 2.45) is 7.05 Å². The first kappa shape index (κ1) is 17.3. The van der Waals surface area contributed by atoms with Crippen molar-refractivity contribution in [1.82, 2.24) is 19.8 Å². The second kappa shape index (κ2) is 7.18. The van der Waals surface area contributed by atoms with E-state index in [4.69, 9.17) is 4.74 Å². The minimum Gasteiger partial charge on any atom is -0.486 e. The third kappa shape index (κ3) is 3.48. The Bertz CT molecular complexity index is 968. The number of aryl methyl sites for hydroxylation is 2. The van der Waals surface area contributed by atoms with Crippen LogP contribution in [-0.4, -0.2) is 19.8 Å². The average Bonchev–Trinajstić information content (AvgIpc) is 2.93. The molecule has 0 saturated heterocycles. The van der Waals surface area contributed by atoms with Gasteiger partial charge >= 0.3 is 5.69 Å². The van der Waals surface area contributed by atoms with Crippen LogP contribution in [0, 0.1) is 5.82 Å². The standard InChI is InChI=1S/C17H16BrFN4O2/c1-3-11-5-4-6-15(23-17(24)22(2)20-21-23)13(11)10-25-16-8-7-12(18)9-14(16)19/h4-9H,3,10H2,1-2H3. The van der Waals surface area contributed by atoms with Crippen LogP contribution in [0.2, 0.25) is 0 Å². The van der Waals surface area contributed by atoms with E-state index in [9.17, 15) is 9.18 Å². The Balaban J connectivity index is 1.99. The zero-order valence-electron chi connectivity index (χ0n) is 13.7. The van der Waals surface area contributed by atoms with Crippen LogP contribution in [0.25, 0.3) is 5.69 Å². The van der Waals surface area contributed by atoms with Crippen molar-refractivity contribution in [3.63, 3.8) is 0 Å². The molecule has 0 amide bonds. The van der Waals surface area contributed by atoms with Gasteiger partial charge < -0.3 is 4.74 Å². The molecule has 3 aromatic rings. The van der Waals surface area contributed by atoms with Crippen LogP contribution in [0.5, 0.6) is 5.75 Å². The highest BCUT2D eigenvalue weighted by atomic mass is 79.9. The maximum atomic E-state index is 14.0. The van der Waals surface area contributed by atoms with Gasteiger partial charge in [0.15, 0.2) is 11.6 Å². The largest absolute Gasteiger partial charge is 0.486 e. The van der Waals surface area contributed by atoms with Gasteiger partial charge in [0.05, 0.1) is 5.69 Å². The van der Waals surface area contributed by atoms with Crippen LogP contribution in [-0.2, 0) is 20.1 Å². The van der Waals surface area contributed by atoms with Crippen molar-refractivity contribution in [2.75, 3.05) is 0 Å². The van der Waals surface area contributed by atoms with E-state index < -0.39 is 5.82 Å². The number of benzene rings is 2. The summed E-state index contributed by atoms with van der Waals surface area (Å²) in [5, 5.41) is 7.63. The molecule has 0 fully saturated rings. The van der Waals surface area contributed by atoms with Crippen molar-refractivity contribution in [1.29, 1.82) is 0 Å². The molecule has 0 N–H and O–H groups in total. The fraction of sp³-hybridized carbons (Fsp3) is 0.235. The van der Waals surface area contributed by atoms with Crippen LogP contribution in [0.3, 0.4) is 0 Å². The van der Waals surface area contributed by atoms with Gasteiger partial charge in [0.2, 0.25) is 0 Å². The number of aromatic nitrogens is 4. The molecule has 6 nitrogen and oxygen atoms in total. The molecule has 0 unspecified atom stereocenters. The lowest BCUT2D eigenvalue weighted by Crippen LogP contribution is -2.23. The predicted octanol–water partition coefficient (Wildman–Crippen LogP) is 3.01. The smallest absolute Gasteiger partial charge is 0.368 e. The first-order valence-corrected chi connectivity index (χ1v) is 8.48. The van der Waals surface area contributed by atoms with Crippen LogP contribution in [0.4, 0.5) is 4.39 Å². The molecular formula is C17H16BrFN4O2. The summed E-state index contributed by atoms with van der Waals surface area (Å²) in [6, 6.07) is 10.2. The third-order valence-corrected chi connectivity index (χ3v) is 4.34. The van der Waals surface area contributed by atoms with Crippen LogP contribution < -0.4 is 10.4 Å². The maximum absolute atomic E-state index is 14.0. The minimum absolute atomic E-state index is 0.112. The van der Waals surface area contributed by atoms with Gasteiger partial charge in [0.25, 0.3) is 0 Å². The van der Waals surface area contributed by atoms with Gasteiger partial charge in [-0.1, -0.05) is 35.0 Å². The lowest BCUT2D eigenvalue weighted by molar-refractivity contribution is 0.288. The molecule has 0 atom stereocenters. The van der Waals surface area contributed by atoms with Gasteiger partial charge in [-0.25, -0.2) is 9.18 Å². The molecule has 2 aromatic carbocycles. The van der Waals surface area contributed by atoms with Gasteiger partial charge in [0.1, 0.15) is 6.61 Å².